The summed E-state index contributed by atoms with van der Waals surface area (Å²) < 4.78 is 1.96. The Morgan fingerprint density at radius 1 is 1.39 bits per heavy atom. The number of aryl methyl sites for hydroxylation is 1. The van der Waals surface area contributed by atoms with Gasteiger partial charge < -0.3 is 15.2 Å². The molecule has 0 fully saturated rings. The van der Waals surface area contributed by atoms with E-state index in [1.807, 2.05) is 24.6 Å². The summed E-state index contributed by atoms with van der Waals surface area (Å²) >= 11 is 0. The maximum atomic E-state index is 4.59. The third-order valence-corrected chi connectivity index (χ3v) is 4.10. The average molecular weight is 316 g/mol. The van der Waals surface area contributed by atoms with Crippen LogP contribution in [0.2, 0.25) is 0 Å². The molecule has 1 aliphatic carbocycles. The van der Waals surface area contributed by atoms with E-state index in [-0.39, 0.29) is 0 Å². The van der Waals surface area contributed by atoms with Gasteiger partial charge in [-0.1, -0.05) is 17.7 Å². The first-order valence-corrected chi connectivity index (χ1v) is 8.36. The molecule has 0 unspecified atom stereocenters. The molecule has 0 amide bonds. The van der Waals surface area contributed by atoms with Crippen LogP contribution >= 0.6 is 0 Å². The van der Waals surface area contributed by atoms with E-state index in [2.05, 4.69) is 38.5 Å². The number of hydrogen-bond donors (Lipinski definition) is 2. The van der Waals surface area contributed by atoms with Crippen LogP contribution < -0.4 is 10.6 Å². The Labute approximate surface area is 138 Å². The summed E-state index contributed by atoms with van der Waals surface area (Å²) in [6, 6.07) is 0. The predicted octanol–water partition coefficient (Wildman–Crippen LogP) is 2.24. The van der Waals surface area contributed by atoms with Gasteiger partial charge in [-0.25, -0.2) is 4.99 Å². The van der Waals surface area contributed by atoms with Gasteiger partial charge in [-0.2, -0.15) is 0 Å². The lowest BCUT2D eigenvalue weighted by atomic mass is 9.97. The monoisotopic (exact) mass is 316 g/mol. The van der Waals surface area contributed by atoms with Gasteiger partial charge in [0.1, 0.15) is 12.4 Å². The van der Waals surface area contributed by atoms with Crippen LogP contribution in [0, 0.1) is 6.92 Å². The molecular weight excluding hydrogens is 288 g/mol. The van der Waals surface area contributed by atoms with Crippen LogP contribution in [0.15, 0.2) is 29.3 Å². The van der Waals surface area contributed by atoms with Crippen molar-refractivity contribution in [3.63, 3.8) is 0 Å². The second-order valence-corrected chi connectivity index (χ2v) is 5.84. The average Bonchev–Trinajstić information content (AvgIpc) is 2.89. The summed E-state index contributed by atoms with van der Waals surface area (Å²) in [5.41, 5.74) is 1.57. The predicted molar refractivity (Wildman–Crippen MR) is 94.2 cm³/mol. The van der Waals surface area contributed by atoms with E-state index in [0.717, 1.165) is 30.6 Å². The molecule has 0 saturated carbocycles. The SMILES string of the molecule is C=CCNC(=NCc1nnc(C)n1C)NCCC1=CCCCC1. The highest BCUT2D eigenvalue weighted by atomic mass is 15.3. The molecule has 0 spiro atoms. The maximum Gasteiger partial charge on any atom is 0.191 e. The van der Waals surface area contributed by atoms with Crippen molar-refractivity contribution < 1.29 is 0 Å². The van der Waals surface area contributed by atoms with Gasteiger partial charge in [0, 0.05) is 20.1 Å². The molecule has 1 aliphatic rings. The van der Waals surface area contributed by atoms with Gasteiger partial charge in [-0.3, -0.25) is 0 Å². The Kier molecular flexibility index (Phi) is 6.84. The molecule has 0 atom stereocenters. The molecule has 126 valence electrons. The minimum Gasteiger partial charge on any atom is -0.356 e. The van der Waals surface area contributed by atoms with Crippen molar-refractivity contribution >= 4 is 5.96 Å². The molecule has 2 N–H and O–H groups in total. The van der Waals surface area contributed by atoms with Gasteiger partial charge in [-0.15, -0.1) is 16.8 Å². The van der Waals surface area contributed by atoms with Gasteiger partial charge in [0.2, 0.25) is 0 Å². The second kappa shape index (κ2) is 9.12. The Morgan fingerprint density at radius 3 is 2.91 bits per heavy atom. The summed E-state index contributed by atoms with van der Waals surface area (Å²) in [5.74, 6) is 2.55. The largest absolute Gasteiger partial charge is 0.356 e. The third-order valence-electron chi connectivity index (χ3n) is 4.10. The zero-order chi connectivity index (χ0) is 16.5. The molecule has 0 aromatic carbocycles. The first kappa shape index (κ1) is 17.2. The molecule has 6 heteroatoms. The smallest absolute Gasteiger partial charge is 0.191 e. The Hall–Kier alpha value is -2.11. The number of hydrogen-bond acceptors (Lipinski definition) is 3. The summed E-state index contributed by atoms with van der Waals surface area (Å²) in [6.07, 6.45) is 10.4. The number of allylic oxidation sites excluding steroid dienone is 1. The summed E-state index contributed by atoms with van der Waals surface area (Å²) in [7, 11) is 1.96. The molecule has 1 aromatic rings. The first-order valence-electron chi connectivity index (χ1n) is 8.36. The van der Waals surface area contributed by atoms with Crippen LogP contribution in [0.5, 0.6) is 0 Å². The zero-order valence-corrected chi connectivity index (χ0v) is 14.3. The van der Waals surface area contributed by atoms with E-state index in [9.17, 15) is 0 Å². The van der Waals surface area contributed by atoms with Crippen molar-refractivity contribution in [2.45, 2.75) is 45.6 Å². The van der Waals surface area contributed by atoms with Crippen molar-refractivity contribution in [2.24, 2.45) is 12.0 Å². The van der Waals surface area contributed by atoms with Crippen LogP contribution in [-0.2, 0) is 13.6 Å². The second-order valence-electron chi connectivity index (χ2n) is 5.84. The lowest BCUT2D eigenvalue weighted by Crippen LogP contribution is -2.38. The van der Waals surface area contributed by atoms with Gasteiger partial charge >= 0.3 is 0 Å². The molecule has 0 aliphatic heterocycles. The Morgan fingerprint density at radius 2 is 2.26 bits per heavy atom. The molecule has 0 bridgehead atoms. The van der Waals surface area contributed by atoms with Crippen LogP contribution in [0.1, 0.15) is 43.8 Å². The van der Waals surface area contributed by atoms with E-state index in [1.54, 1.807) is 5.57 Å². The minimum absolute atomic E-state index is 0.506. The fourth-order valence-electron chi connectivity index (χ4n) is 2.55. The molecule has 6 nitrogen and oxygen atoms in total. The maximum absolute atomic E-state index is 4.59. The number of nitrogens with zero attached hydrogens (tertiary/aromatic N) is 4. The number of guanidine groups is 1. The number of nitrogens with one attached hydrogen (secondary N) is 2. The summed E-state index contributed by atoms with van der Waals surface area (Å²) in [4.78, 5) is 4.59. The van der Waals surface area contributed by atoms with Gasteiger partial charge in [0.15, 0.2) is 11.8 Å². The molecule has 23 heavy (non-hydrogen) atoms. The van der Waals surface area contributed by atoms with Crippen molar-refractivity contribution in [3.05, 3.63) is 36.0 Å². The molecule has 2 rings (SSSR count). The Balaban J connectivity index is 1.87. The standard InChI is InChI=1S/C17H28N6/c1-4-11-18-17(19-12-10-15-8-6-5-7-9-15)20-13-16-22-21-14(2)23(16)3/h4,8H,1,5-7,9-13H2,2-3H3,(H2,18,19,20). The van der Waals surface area contributed by atoms with Gasteiger partial charge in [-0.05, 0) is 39.0 Å². The fraction of sp³-hybridized carbons (Fsp3) is 0.588. The van der Waals surface area contributed by atoms with Crippen molar-refractivity contribution in [3.8, 4) is 0 Å². The number of rotatable bonds is 7. The summed E-state index contributed by atoms with van der Waals surface area (Å²) in [5, 5.41) is 14.8. The van der Waals surface area contributed by atoms with E-state index in [4.69, 9.17) is 0 Å². The fourth-order valence-corrected chi connectivity index (χ4v) is 2.55. The number of aromatic nitrogens is 3. The van der Waals surface area contributed by atoms with E-state index in [1.165, 1.54) is 25.7 Å². The zero-order valence-electron chi connectivity index (χ0n) is 14.3. The minimum atomic E-state index is 0.506. The highest BCUT2D eigenvalue weighted by Crippen LogP contribution is 2.19. The molecular formula is C17H28N6. The van der Waals surface area contributed by atoms with Gasteiger partial charge in [0.05, 0.1) is 0 Å². The topological polar surface area (TPSA) is 67.1 Å². The van der Waals surface area contributed by atoms with Crippen LogP contribution in [0.25, 0.3) is 0 Å². The molecule has 1 aromatic heterocycles. The van der Waals surface area contributed by atoms with E-state index < -0.39 is 0 Å². The molecule has 0 radical (unpaired) electrons. The highest BCUT2D eigenvalue weighted by molar-refractivity contribution is 5.79. The van der Waals surface area contributed by atoms with Crippen molar-refractivity contribution in [1.82, 2.24) is 25.4 Å². The van der Waals surface area contributed by atoms with Crippen molar-refractivity contribution in [2.75, 3.05) is 13.1 Å². The lowest BCUT2D eigenvalue weighted by Gasteiger charge is -2.15. The molecule has 0 saturated heterocycles. The van der Waals surface area contributed by atoms with Gasteiger partial charge in [0.25, 0.3) is 0 Å². The Bertz CT molecular complexity index is 570. The van der Waals surface area contributed by atoms with E-state index >= 15 is 0 Å². The first-order chi connectivity index (χ1) is 11.2. The lowest BCUT2D eigenvalue weighted by molar-refractivity contribution is 0.665. The highest BCUT2D eigenvalue weighted by Gasteiger charge is 2.06. The summed E-state index contributed by atoms with van der Waals surface area (Å²) in [6.45, 7) is 7.77. The van der Waals surface area contributed by atoms with E-state index in [0.29, 0.717) is 13.1 Å². The van der Waals surface area contributed by atoms with Crippen LogP contribution in [0.4, 0.5) is 0 Å². The van der Waals surface area contributed by atoms with Crippen LogP contribution in [-0.4, -0.2) is 33.8 Å². The van der Waals surface area contributed by atoms with Crippen LogP contribution in [0.3, 0.4) is 0 Å². The normalized spacial score (nSPS) is 15.2. The third kappa shape index (κ3) is 5.54. The molecule has 1 heterocycles. The quantitative estimate of drug-likeness (QED) is 0.460. The van der Waals surface area contributed by atoms with Crippen molar-refractivity contribution in [1.29, 1.82) is 0 Å². The number of aliphatic imine (C=N–C) groups is 1.